The summed E-state index contributed by atoms with van der Waals surface area (Å²) < 4.78 is 22.7. The van der Waals surface area contributed by atoms with Gasteiger partial charge in [-0.1, -0.05) is 155 Å². The molecule has 0 aromatic rings. The molecule has 2 atom stereocenters. The minimum Gasteiger partial charge on any atom is -0.477 e. The first kappa shape index (κ1) is 58.9. The Bertz CT molecular complexity index is 1390. The van der Waals surface area contributed by atoms with E-state index in [1.54, 1.807) is 0 Å². The van der Waals surface area contributed by atoms with E-state index >= 15 is 0 Å². The number of carboxylic acids is 1. The molecule has 63 heavy (non-hydrogen) atoms. The van der Waals surface area contributed by atoms with E-state index in [-0.39, 0.29) is 38.6 Å². The molecule has 0 radical (unpaired) electrons. The van der Waals surface area contributed by atoms with Crippen LogP contribution in [0.15, 0.2) is 109 Å². The molecule has 0 aromatic heterocycles. The molecule has 0 aliphatic heterocycles. The molecule has 0 spiro atoms. The fourth-order valence-corrected chi connectivity index (χ4v) is 5.85. The van der Waals surface area contributed by atoms with Crippen molar-refractivity contribution in [3.8, 4) is 0 Å². The fourth-order valence-electron chi connectivity index (χ4n) is 5.85. The van der Waals surface area contributed by atoms with Gasteiger partial charge in [-0.3, -0.25) is 9.59 Å². The SMILES string of the molecule is CC/C=C\C/C=C\C/C=C\C/C=C\C/C=C\C/C=C\CCCCCCCCC(=O)OC(COC(=O)CCCCC/C=C\C/C=C\C/C=C\CC)COC(OCC[N+](C)(C)C)C(=O)O. The second-order valence-electron chi connectivity index (χ2n) is 16.7. The molecule has 1 N–H and O–H groups in total. The summed E-state index contributed by atoms with van der Waals surface area (Å²) in [7, 11) is 5.93. The van der Waals surface area contributed by atoms with Crippen molar-refractivity contribution in [1.82, 2.24) is 0 Å². The number of hydrogen-bond donors (Lipinski definition) is 1. The van der Waals surface area contributed by atoms with E-state index in [0.29, 0.717) is 23.9 Å². The van der Waals surface area contributed by atoms with Crippen molar-refractivity contribution in [3.05, 3.63) is 109 Å². The van der Waals surface area contributed by atoms with Crippen LogP contribution in [0.25, 0.3) is 0 Å². The Morgan fingerprint density at radius 3 is 1.29 bits per heavy atom. The molecule has 0 fully saturated rings. The van der Waals surface area contributed by atoms with Crippen LogP contribution in [0, 0.1) is 0 Å². The molecule has 0 saturated heterocycles. The number of carboxylic acid groups (broad SMARTS) is 1. The highest BCUT2D eigenvalue weighted by Gasteiger charge is 2.25. The van der Waals surface area contributed by atoms with E-state index in [1.165, 1.54) is 0 Å². The molecule has 2 unspecified atom stereocenters. The number of aliphatic carboxylic acids is 1. The minimum absolute atomic E-state index is 0.173. The Labute approximate surface area is 384 Å². The predicted octanol–water partition coefficient (Wildman–Crippen LogP) is 13.2. The average molecular weight is 879 g/mol. The zero-order valence-corrected chi connectivity index (χ0v) is 40.2. The standard InChI is InChI=1S/C54H87NO8/c1-6-8-10-12-14-16-18-20-21-22-23-24-25-26-27-28-29-30-31-33-35-37-39-41-43-45-52(57)63-50(49-62-54(53(58)59)60-47-46-55(3,4)5)48-61-51(56)44-42-40-38-36-34-32-19-17-15-13-11-9-7-2/h8-11,14-17,20-21,23-24,26-27,29-30,32,34,50,54H,6-7,12-13,18-19,22,25,28,31,33,35-49H2,1-5H3/p+1/b10-8-,11-9-,16-14-,17-15-,21-20-,24-23-,27-26-,30-29-,34-32-. The second kappa shape index (κ2) is 44.6. The zero-order chi connectivity index (χ0) is 46.3. The van der Waals surface area contributed by atoms with E-state index in [1.807, 2.05) is 21.1 Å². The maximum absolute atomic E-state index is 12.8. The van der Waals surface area contributed by atoms with Gasteiger partial charge in [0.2, 0.25) is 0 Å². The number of unbranched alkanes of at least 4 members (excludes halogenated alkanes) is 9. The van der Waals surface area contributed by atoms with Crippen molar-refractivity contribution in [2.45, 2.75) is 167 Å². The Balaban J connectivity index is 4.44. The van der Waals surface area contributed by atoms with Crippen LogP contribution < -0.4 is 0 Å². The van der Waals surface area contributed by atoms with Gasteiger partial charge in [-0.2, -0.15) is 0 Å². The van der Waals surface area contributed by atoms with Crippen LogP contribution in [0.1, 0.15) is 155 Å². The average Bonchev–Trinajstić information content (AvgIpc) is 3.24. The molecule has 0 aliphatic carbocycles. The van der Waals surface area contributed by atoms with Gasteiger partial charge in [-0.05, 0) is 96.3 Å². The summed E-state index contributed by atoms with van der Waals surface area (Å²) in [5.74, 6) is -2.09. The number of rotatable bonds is 42. The van der Waals surface area contributed by atoms with Crippen molar-refractivity contribution >= 4 is 17.9 Å². The second-order valence-corrected chi connectivity index (χ2v) is 16.7. The molecule has 0 bridgehead atoms. The van der Waals surface area contributed by atoms with Crippen molar-refractivity contribution in [2.75, 3.05) is 47.5 Å². The lowest BCUT2D eigenvalue weighted by atomic mass is 10.1. The number of carbonyl (C=O) groups is 3. The molecule has 0 rings (SSSR count). The fraction of sp³-hybridized carbons (Fsp3) is 0.611. The van der Waals surface area contributed by atoms with E-state index in [0.717, 1.165) is 116 Å². The van der Waals surface area contributed by atoms with Gasteiger partial charge in [-0.25, -0.2) is 4.79 Å². The summed E-state index contributed by atoms with van der Waals surface area (Å²) in [5, 5.41) is 9.65. The normalized spacial score (nSPS) is 13.9. The number of quaternary nitrogens is 1. The van der Waals surface area contributed by atoms with E-state index in [2.05, 4.69) is 123 Å². The molecule has 0 heterocycles. The summed E-state index contributed by atoms with van der Waals surface area (Å²) in [5.41, 5.74) is 0. The Kier molecular flexibility index (Phi) is 41.7. The first-order valence-electron chi connectivity index (χ1n) is 24.1. The van der Waals surface area contributed by atoms with E-state index in [4.69, 9.17) is 18.9 Å². The molecule has 9 heteroatoms. The molecular weight excluding hydrogens is 791 g/mol. The third-order valence-corrected chi connectivity index (χ3v) is 9.52. The summed E-state index contributed by atoms with van der Waals surface area (Å²) in [6.45, 7) is 4.55. The first-order chi connectivity index (χ1) is 30.6. The first-order valence-corrected chi connectivity index (χ1v) is 24.1. The van der Waals surface area contributed by atoms with Crippen molar-refractivity contribution < 1.29 is 42.9 Å². The van der Waals surface area contributed by atoms with Gasteiger partial charge in [0.1, 0.15) is 13.2 Å². The van der Waals surface area contributed by atoms with Gasteiger partial charge in [0, 0.05) is 12.8 Å². The van der Waals surface area contributed by atoms with Gasteiger partial charge in [0.05, 0.1) is 34.4 Å². The maximum Gasteiger partial charge on any atom is 0.361 e. The topological polar surface area (TPSA) is 108 Å². The number of nitrogens with zero attached hydrogens (tertiary/aromatic N) is 1. The molecule has 0 saturated carbocycles. The quantitative estimate of drug-likeness (QED) is 0.0212. The van der Waals surface area contributed by atoms with Crippen LogP contribution in [0.3, 0.4) is 0 Å². The third-order valence-electron chi connectivity index (χ3n) is 9.52. The largest absolute Gasteiger partial charge is 0.477 e. The van der Waals surface area contributed by atoms with E-state index in [9.17, 15) is 19.5 Å². The summed E-state index contributed by atoms with van der Waals surface area (Å²) in [6, 6.07) is 0. The highest BCUT2D eigenvalue weighted by Crippen LogP contribution is 2.12. The van der Waals surface area contributed by atoms with Crippen LogP contribution in [-0.4, -0.2) is 87.4 Å². The molecule has 0 amide bonds. The van der Waals surface area contributed by atoms with Crippen LogP contribution >= 0.6 is 0 Å². The van der Waals surface area contributed by atoms with Crippen LogP contribution in [0.4, 0.5) is 0 Å². The third kappa shape index (κ3) is 45.8. The van der Waals surface area contributed by atoms with Crippen molar-refractivity contribution in [3.63, 3.8) is 0 Å². The Morgan fingerprint density at radius 2 is 0.857 bits per heavy atom. The smallest absolute Gasteiger partial charge is 0.361 e. The van der Waals surface area contributed by atoms with Gasteiger partial charge in [0.15, 0.2) is 6.10 Å². The Hall–Kier alpha value is -4.05. The van der Waals surface area contributed by atoms with Gasteiger partial charge in [-0.15, -0.1) is 0 Å². The summed E-state index contributed by atoms with van der Waals surface area (Å²) in [6.07, 6.45) is 57.3. The minimum atomic E-state index is -1.53. The number of carbonyl (C=O) groups excluding carboxylic acids is 2. The van der Waals surface area contributed by atoms with Crippen LogP contribution in [0.2, 0.25) is 0 Å². The number of esters is 2. The lowest BCUT2D eigenvalue weighted by Gasteiger charge is -2.25. The van der Waals surface area contributed by atoms with Crippen LogP contribution in [0.5, 0.6) is 0 Å². The highest BCUT2D eigenvalue weighted by atomic mass is 16.7. The molecule has 0 aromatic carbocycles. The highest BCUT2D eigenvalue weighted by molar-refractivity contribution is 5.71. The summed E-state index contributed by atoms with van der Waals surface area (Å²) in [4.78, 5) is 37.2. The Morgan fingerprint density at radius 1 is 0.476 bits per heavy atom. The summed E-state index contributed by atoms with van der Waals surface area (Å²) >= 11 is 0. The molecular formula is C54H88NO8+. The monoisotopic (exact) mass is 879 g/mol. The predicted molar refractivity (Wildman–Crippen MR) is 262 cm³/mol. The lowest BCUT2D eigenvalue weighted by Crippen LogP contribution is -2.40. The number of ether oxygens (including phenoxy) is 4. The van der Waals surface area contributed by atoms with Gasteiger partial charge < -0.3 is 28.5 Å². The molecule has 9 nitrogen and oxygen atoms in total. The maximum atomic E-state index is 12.8. The lowest BCUT2D eigenvalue weighted by molar-refractivity contribution is -0.870. The number of allylic oxidation sites excluding steroid dienone is 18. The van der Waals surface area contributed by atoms with Crippen molar-refractivity contribution in [2.24, 2.45) is 0 Å². The zero-order valence-electron chi connectivity index (χ0n) is 40.2. The van der Waals surface area contributed by atoms with E-state index < -0.39 is 24.3 Å². The van der Waals surface area contributed by atoms with Crippen LogP contribution in [-0.2, 0) is 33.3 Å². The number of hydrogen-bond acceptors (Lipinski definition) is 7. The number of likely N-dealkylation sites (N-methyl/N-ethyl adjacent to an activating group) is 1. The molecule has 0 aliphatic rings. The van der Waals surface area contributed by atoms with Gasteiger partial charge >= 0.3 is 17.9 Å². The van der Waals surface area contributed by atoms with Crippen molar-refractivity contribution in [1.29, 1.82) is 0 Å². The van der Waals surface area contributed by atoms with Gasteiger partial charge in [0.25, 0.3) is 6.29 Å². The molecule has 356 valence electrons.